The lowest BCUT2D eigenvalue weighted by atomic mass is 9.97. The van der Waals surface area contributed by atoms with Gasteiger partial charge in [0.15, 0.2) is 0 Å². The maximum atomic E-state index is 3.81. The van der Waals surface area contributed by atoms with E-state index in [9.17, 15) is 0 Å². The molecule has 116 valence electrons. The summed E-state index contributed by atoms with van der Waals surface area (Å²) in [4.78, 5) is 2.61. The molecule has 2 fully saturated rings. The minimum Gasteiger partial charge on any atom is -0.310 e. The van der Waals surface area contributed by atoms with Crippen LogP contribution in [0.2, 0.25) is 0 Å². The molecule has 1 saturated heterocycles. The summed E-state index contributed by atoms with van der Waals surface area (Å²) >= 11 is 0. The van der Waals surface area contributed by atoms with Crippen LogP contribution in [0.5, 0.6) is 0 Å². The molecular formula is C19H30N2. The second kappa shape index (κ2) is 6.10. The van der Waals surface area contributed by atoms with Crippen LogP contribution in [0.4, 0.5) is 0 Å². The lowest BCUT2D eigenvalue weighted by Gasteiger charge is -2.41. The fourth-order valence-corrected chi connectivity index (χ4v) is 3.50. The maximum absolute atomic E-state index is 3.81. The third kappa shape index (κ3) is 3.87. The molecule has 1 aromatic carbocycles. The van der Waals surface area contributed by atoms with Gasteiger partial charge in [-0.05, 0) is 63.5 Å². The zero-order valence-electron chi connectivity index (χ0n) is 13.9. The molecule has 1 aliphatic carbocycles. The lowest BCUT2D eigenvalue weighted by Crippen LogP contribution is -2.49. The summed E-state index contributed by atoms with van der Waals surface area (Å²) in [5.41, 5.74) is 3.44. The van der Waals surface area contributed by atoms with Crippen LogP contribution in [-0.4, -0.2) is 29.6 Å². The molecule has 21 heavy (non-hydrogen) atoms. The molecule has 0 unspecified atom stereocenters. The molecule has 0 radical (unpaired) electrons. The summed E-state index contributed by atoms with van der Waals surface area (Å²) < 4.78 is 0. The summed E-state index contributed by atoms with van der Waals surface area (Å²) in [6.07, 6.45) is 5.34. The number of nitrogens with zero attached hydrogens (tertiary/aromatic N) is 1. The Morgan fingerprint density at radius 1 is 1.05 bits per heavy atom. The summed E-state index contributed by atoms with van der Waals surface area (Å²) in [5, 5.41) is 3.81. The number of piperidine rings is 1. The highest BCUT2D eigenvalue weighted by Crippen LogP contribution is 2.41. The standard InChI is InChI=1S/C19H30N2/c1-19(2,3)21-12-10-17(11-13-21)20-14-16-6-4-5-7-18(16)15-8-9-15/h4-7,15,17,20H,8-14H2,1-3H3. The van der Waals surface area contributed by atoms with Gasteiger partial charge in [-0.2, -0.15) is 0 Å². The van der Waals surface area contributed by atoms with E-state index in [1.165, 1.54) is 44.3 Å². The number of benzene rings is 1. The fraction of sp³-hybridized carbons (Fsp3) is 0.684. The van der Waals surface area contributed by atoms with E-state index in [1.54, 1.807) is 5.56 Å². The van der Waals surface area contributed by atoms with Gasteiger partial charge in [0, 0.05) is 31.2 Å². The normalized spacial score (nSPS) is 21.7. The van der Waals surface area contributed by atoms with Crippen molar-refractivity contribution in [3.8, 4) is 0 Å². The van der Waals surface area contributed by atoms with Crippen molar-refractivity contribution in [2.75, 3.05) is 13.1 Å². The number of nitrogens with one attached hydrogen (secondary N) is 1. The highest BCUT2D eigenvalue weighted by molar-refractivity contribution is 5.33. The van der Waals surface area contributed by atoms with Gasteiger partial charge in [-0.15, -0.1) is 0 Å². The van der Waals surface area contributed by atoms with Gasteiger partial charge in [0.25, 0.3) is 0 Å². The van der Waals surface area contributed by atoms with Crippen LogP contribution in [0.25, 0.3) is 0 Å². The molecule has 1 saturated carbocycles. The molecule has 2 heteroatoms. The van der Waals surface area contributed by atoms with E-state index in [-0.39, 0.29) is 0 Å². The summed E-state index contributed by atoms with van der Waals surface area (Å²) in [7, 11) is 0. The predicted molar refractivity (Wildman–Crippen MR) is 89.6 cm³/mol. The summed E-state index contributed by atoms with van der Waals surface area (Å²) in [6, 6.07) is 9.71. The first-order valence-electron chi connectivity index (χ1n) is 8.60. The molecular weight excluding hydrogens is 256 g/mol. The summed E-state index contributed by atoms with van der Waals surface area (Å²) in [5.74, 6) is 0.853. The Bertz CT molecular complexity index is 463. The molecule has 1 aliphatic heterocycles. The van der Waals surface area contributed by atoms with Crippen molar-refractivity contribution in [2.45, 2.75) is 70.5 Å². The third-order valence-corrected chi connectivity index (χ3v) is 5.10. The third-order valence-electron chi connectivity index (χ3n) is 5.10. The first kappa shape index (κ1) is 15.1. The van der Waals surface area contributed by atoms with Crippen LogP contribution in [0, 0.1) is 0 Å². The number of rotatable bonds is 4. The van der Waals surface area contributed by atoms with E-state index in [1.807, 2.05) is 0 Å². The minimum atomic E-state index is 0.323. The monoisotopic (exact) mass is 286 g/mol. The Kier molecular flexibility index (Phi) is 4.37. The van der Waals surface area contributed by atoms with Crippen molar-refractivity contribution in [3.05, 3.63) is 35.4 Å². The predicted octanol–water partition coefficient (Wildman–Crippen LogP) is 3.92. The molecule has 0 amide bonds. The van der Waals surface area contributed by atoms with E-state index < -0.39 is 0 Å². The van der Waals surface area contributed by atoms with E-state index in [2.05, 4.69) is 55.3 Å². The zero-order valence-corrected chi connectivity index (χ0v) is 13.9. The largest absolute Gasteiger partial charge is 0.310 e. The van der Waals surface area contributed by atoms with Gasteiger partial charge < -0.3 is 5.32 Å². The van der Waals surface area contributed by atoms with Crippen molar-refractivity contribution < 1.29 is 0 Å². The van der Waals surface area contributed by atoms with Crippen molar-refractivity contribution in [1.29, 1.82) is 0 Å². The van der Waals surface area contributed by atoms with Gasteiger partial charge in [-0.25, -0.2) is 0 Å². The minimum absolute atomic E-state index is 0.323. The maximum Gasteiger partial charge on any atom is 0.0210 e. The first-order valence-corrected chi connectivity index (χ1v) is 8.60. The second-order valence-corrected chi connectivity index (χ2v) is 7.79. The SMILES string of the molecule is CC(C)(C)N1CCC(NCc2ccccc2C2CC2)CC1. The number of hydrogen-bond acceptors (Lipinski definition) is 2. The Morgan fingerprint density at radius 2 is 1.71 bits per heavy atom. The van der Waals surface area contributed by atoms with Crippen molar-refractivity contribution >= 4 is 0 Å². The molecule has 1 N–H and O–H groups in total. The van der Waals surface area contributed by atoms with Gasteiger partial charge >= 0.3 is 0 Å². The smallest absolute Gasteiger partial charge is 0.0210 e. The molecule has 2 aliphatic rings. The Morgan fingerprint density at radius 3 is 2.33 bits per heavy atom. The average molecular weight is 286 g/mol. The molecule has 0 bridgehead atoms. The highest BCUT2D eigenvalue weighted by atomic mass is 15.2. The Hall–Kier alpha value is -0.860. The molecule has 0 aromatic heterocycles. The van der Waals surface area contributed by atoms with Crippen LogP contribution >= 0.6 is 0 Å². The Labute approximate surface area is 129 Å². The van der Waals surface area contributed by atoms with Crippen molar-refractivity contribution in [1.82, 2.24) is 10.2 Å². The molecule has 2 nitrogen and oxygen atoms in total. The van der Waals surface area contributed by atoms with E-state index >= 15 is 0 Å². The van der Waals surface area contributed by atoms with Gasteiger partial charge in [0.2, 0.25) is 0 Å². The van der Waals surface area contributed by atoms with Gasteiger partial charge in [-0.1, -0.05) is 24.3 Å². The zero-order chi connectivity index (χ0) is 14.9. The fourth-order valence-electron chi connectivity index (χ4n) is 3.50. The van der Waals surface area contributed by atoms with E-state index in [0.29, 0.717) is 11.6 Å². The van der Waals surface area contributed by atoms with E-state index in [0.717, 1.165) is 12.5 Å². The molecule has 3 rings (SSSR count). The molecule has 1 heterocycles. The Balaban J connectivity index is 1.51. The van der Waals surface area contributed by atoms with Crippen LogP contribution in [0.15, 0.2) is 24.3 Å². The van der Waals surface area contributed by atoms with Crippen LogP contribution in [-0.2, 0) is 6.54 Å². The topological polar surface area (TPSA) is 15.3 Å². The van der Waals surface area contributed by atoms with Crippen LogP contribution in [0.1, 0.15) is 63.5 Å². The summed E-state index contributed by atoms with van der Waals surface area (Å²) in [6.45, 7) is 10.5. The average Bonchev–Trinajstić information content (AvgIpc) is 3.29. The quantitative estimate of drug-likeness (QED) is 0.902. The van der Waals surface area contributed by atoms with Gasteiger partial charge in [0.1, 0.15) is 0 Å². The highest BCUT2D eigenvalue weighted by Gasteiger charge is 2.28. The first-order chi connectivity index (χ1) is 10.0. The molecule has 1 aromatic rings. The lowest BCUT2D eigenvalue weighted by molar-refractivity contribution is 0.0960. The van der Waals surface area contributed by atoms with Gasteiger partial charge in [0.05, 0.1) is 0 Å². The van der Waals surface area contributed by atoms with Crippen molar-refractivity contribution in [2.24, 2.45) is 0 Å². The number of likely N-dealkylation sites (tertiary alicyclic amines) is 1. The second-order valence-electron chi connectivity index (χ2n) is 7.79. The van der Waals surface area contributed by atoms with Crippen LogP contribution < -0.4 is 5.32 Å². The number of hydrogen-bond donors (Lipinski definition) is 1. The molecule has 0 spiro atoms. The van der Waals surface area contributed by atoms with Crippen molar-refractivity contribution in [3.63, 3.8) is 0 Å². The van der Waals surface area contributed by atoms with Crippen LogP contribution in [0.3, 0.4) is 0 Å². The molecule has 0 atom stereocenters. The van der Waals surface area contributed by atoms with E-state index in [4.69, 9.17) is 0 Å². The van der Waals surface area contributed by atoms with Gasteiger partial charge in [-0.3, -0.25) is 4.90 Å².